The summed E-state index contributed by atoms with van der Waals surface area (Å²) < 4.78 is 10.8. The van der Waals surface area contributed by atoms with Crippen molar-refractivity contribution in [1.82, 2.24) is 0 Å². The topological polar surface area (TPSA) is 38.7 Å². The van der Waals surface area contributed by atoms with Gasteiger partial charge in [-0.3, -0.25) is 0 Å². The molecule has 1 aromatic carbocycles. The molecule has 0 aromatic heterocycles. The second-order valence-electron chi connectivity index (χ2n) is 5.55. The third-order valence-electron chi connectivity index (χ3n) is 3.30. The van der Waals surface area contributed by atoms with Crippen LogP contribution in [0.4, 0.5) is 0 Å². The zero-order valence-corrected chi connectivity index (χ0v) is 10.9. The van der Waals surface area contributed by atoms with Gasteiger partial charge < -0.3 is 14.6 Å². The number of hydrogen-bond acceptors (Lipinski definition) is 3. The molecule has 0 bridgehead atoms. The molecule has 1 N–H and O–H groups in total. The van der Waals surface area contributed by atoms with Crippen molar-refractivity contribution in [3.05, 3.63) is 29.3 Å². The van der Waals surface area contributed by atoms with Crippen molar-refractivity contribution in [3.8, 4) is 5.75 Å². The summed E-state index contributed by atoms with van der Waals surface area (Å²) in [6, 6.07) is 5.94. The van der Waals surface area contributed by atoms with Crippen molar-refractivity contribution in [2.75, 3.05) is 13.7 Å². The Morgan fingerprint density at radius 3 is 2.65 bits per heavy atom. The van der Waals surface area contributed by atoms with Gasteiger partial charge in [-0.25, -0.2) is 0 Å². The molecular formula is C14H20O3. The zero-order valence-electron chi connectivity index (χ0n) is 10.9. The van der Waals surface area contributed by atoms with Gasteiger partial charge in [-0.05, 0) is 23.1 Å². The Balaban J connectivity index is 2.52. The van der Waals surface area contributed by atoms with Gasteiger partial charge in [0, 0.05) is 13.5 Å². The second kappa shape index (κ2) is 4.00. The van der Waals surface area contributed by atoms with Gasteiger partial charge in [-0.1, -0.05) is 26.8 Å². The molecule has 0 aliphatic carbocycles. The van der Waals surface area contributed by atoms with Crippen LogP contribution in [0.5, 0.6) is 5.75 Å². The lowest BCUT2D eigenvalue weighted by Crippen LogP contribution is -2.34. The predicted molar refractivity (Wildman–Crippen MR) is 66.2 cm³/mol. The van der Waals surface area contributed by atoms with Gasteiger partial charge in [-0.2, -0.15) is 0 Å². The highest BCUT2D eigenvalue weighted by Gasteiger charge is 2.36. The van der Waals surface area contributed by atoms with E-state index in [0.717, 1.165) is 11.1 Å². The predicted octanol–water partition coefficient (Wildman–Crippen LogP) is 2.56. The van der Waals surface area contributed by atoms with E-state index in [1.165, 1.54) is 7.11 Å². The maximum atomic E-state index is 10.4. The summed E-state index contributed by atoms with van der Waals surface area (Å²) in [4.78, 5) is 0. The number of hydrogen-bond donors (Lipinski definition) is 1. The van der Waals surface area contributed by atoms with E-state index in [0.29, 0.717) is 18.8 Å². The van der Waals surface area contributed by atoms with Crippen LogP contribution in [0.3, 0.4) is 0 Å². The summed E-state index contributed by atoms with van der Waals surface area (Å²) in [6.45, 7) is 6.91. The smallest absolute Gasteiger partial charge is 0.198 e. The maximum absolute atomic E-state index is 10.4. The second-order valence-corrected chi connectivity index (χ2v) is 5.55. The monoisotopic (exact) mass is 236 g/mol. The summed E-state index contributed by atoms with van der Waals surface area (Å²) in [6.07, 6.45) is 0.462. The fourth-order valence-electron chi connectivity index (χ4n) is 2.07. The van der Waals surface area contributed by atoms with Crippen molar-refractivity contribution in [3.63, 3.8) is 0 Å². The fraction of sp³-hybridized carbons (Fsp3) is 0.571. The van der Waals surface area contributed by atoms with Crippen molar-refractivity contribution in [2.45, 2.75) is 38.4 Å². The Kier molecular flexibility index (Phi) is 2.92. The van der Waals surface area contributed by atoms with Gasteiger partial charge in [-0.15, -0.1) is 0 Å². The number of benzene rings is 1. The average Bonchev–Trinajstić information content (AvgIpc) is 2.28. The lowest BCUT2D eigenvalue weighted by atomic mass is 9.84. The maximum Gasteiger partial charge on any atom is 0.198 e. The van der Waals surface area contributed by atoms with Gasteiger partial charge in [0.05, 0.1) is 12.2 Å². The van der Waals surface area contributed by atoms with E-state index in [2.05, 4.69) is 20.8 Å². The Hall–Kier alpha value is -1.06. The third kappa shape index (κ3) is 2.17. The number of methoxy groups -OCH3 is 1. The molecule has 0 amide bonds. The largest absolute Gasteiger partial charge is 0.493 e. The highest BCUT2D eigenvalue weighted by Crippen LogP contribution is 2.39. The average molecular weight is 236 g/mol. The van der Waals surface area contributed by atoms with Crippen LogP contribution < -0.4 is 4.74 Å². The zero-order chi connectivity index (χ0) is 12.7. The molecule has 0 saturated carbocycles. The van der Waals surface area contributed by atoms with Crippen molar-refractivity contribution in [2.24, 2.45) is 0 Å². The van der Waals surface area contributed by atoms with E-state index in [-0.39, 0.29) is 5.41 Å². The molecule has 0 spiro atoms. The summed E-state index contributed by atoms with van der Waals surface area (Å²) in [5.74, 6) is -0.497. The first-order valence-electron chi connectivity index (χ1n) is 5.92. The summed E-state index contributed by atoms with van der Waals surface area (Å²) >= 11 is 0. The van der Waals surface area contributed by atoms with Crippen LogP contribution in [0.2, 0.25) is 0 Å². The van der Waals surface area contributed by atoms with E-state index < -0.39 is 5.79 Å². The minimum Gasteiger partial charge on any atom is -0.493 e. The van der Waals surface area contributed by atoms with Crippen LogP contribution in [0.25, 0.3) is 0 Å². The first-order valence-corrected chi connectivity index (χ1v) is 5.92. The summed E-state index contributed by atoms with van der Waals surface area (Å²) in [7, 11) is 1.53. The van der Waals surface area contributed by atoms with E-state index in [9.17, 15) is 5.11 Å². The molecule has 1 aliphatic heterocycles. The van der Waals surface area contributed by atoms with Gasteiger partial charge in [0.25, 0.3) is 0 Å². The third-order valence-corrected chi connectivity index (χ3v) is 3.30. The van der Waals surface area contributed by atoms with Crippen LogP contribution in [0.15, 0.2) is 18.2 Å². The number of aliphatic hydroxyl groups is 1. The molecule has 2 rings (SSSR count). The molecule has 1 heterocycles. The fourth-order valence-corrected chi connectivity index (χ4v) is 2.07. The van der Waals surface area contributed by atoms with Crippen LogP contribution in [-0.2, 0) is 15.9 Å². The molecule has 3 nitrogen and oxygen atoms in total. The van der Waals surface area contributed by atoms with Crippen LogP contribution in [0, 0.1) is 0 Å². The van der Waals surface area contributed by atoms with Gasteiger partial charge >= 0.3 is 0 Å². The first-order chi connectivity index (χ1) is 7.87. The molecule has 94 valence electrons. The van der Waals surface area contributed by atoms with Gasteiger partial charge in [0.1, 0.15) is 5.75 Å². The van der Waals surface area contributed by atoms with Crippen LogP contribution in [0.1, 0.15) is 38.3 Å². The minimum atomic E-state index is -1.21. The Morgan fingerprint density at radius 1 is 1.35 bits per heavy atom. The standard InChI is InChI=1S/C14H20O3/c1-13(2,3)10-5-6-12-11(9-10)14(15,16-4)7-8-17-12/h5-6,9,15H,7-8H2,1-4H3. The Morgan fingerprint density at radius 2 is 2.06 bits per heavy atom. The van der Waals surface area contributed by atoms with Crippen molar-refractivity contribution < 1.29 is 14.6 Å². The SMILES string of the molecule is COC1(O)CCOc2ccc(C(C)(C)C)cc21. The highest BCUT2D eigenvalue weighted by atomic mass is 16.6. The lowest BCUT2D eigenvalue weighted by Gasteiger charge is -2.34. The number of ether oxygens (including phenoxy) is 2. The molecule has 1 unspecified atom stereocenters. The molecule has 0 saturated heterocycles. The molecule has 1 atom stereocenters. The van der Waals surface area contributed by atoms with E-state index in [4.69, 9.17) is 9.47 Å². The first kappa shape index (κ1) is 12.4. The summed E-state index contributed by atoms with van der Waals surface area (Å²) in [5, 5.41) is 10.4. The lowest BCUT2D eigenvalue weighted by molar-refractivity contribution is -0.209. The van der Waals surface area contributed by atoms with Crippen LogP contribution in [-0.4, -0.2) is 18.8 Å². The Bertz CT molecular complexity index is 420. The normalized spacial score (nSPS) is 24.1. The molecule has 1 aliphatic rings. The quantitative estimate of drug-likeness (QED) is 0.762. The van der Waals surface area contributed by atoms with Crippen LogP contribution >= 0.6 is 0 Å². The Labute approximate surface area is 102 Å². The number of rotatable bonds is 1. The number of fused-ring (bicyclic) bond motifs is 1. The van der Waals surface area contributed by atoms with E-state index >= 15 is 0 Å². The summed E-state index contributed by atoms with van der Waals surface area (Å²) in [5.41, 5.74) is 1.94. The van der Waals surface area contributed by atoms with Gasteiger partial charge in [0.2, 0.25) is 0 Å². The highest BCUT2D eigenvalue weighted by molar-refractivity contribution is 5.43. The molecular weight excluding hydrogens is 216 g/mol. The molecule has 3 heteroatoms. The van der Waals surface area contributed by atoms with Gasteiger partial charge in [0.15, 0.2) is 5.79 Å². The van der Waals surface area contributed by atoms with Crippen molar-refractivity contribution in [1.29, 1.82) is 0 Å². The molecule has 1 aromatic rings. The van der Waals surface area contributed by atoms with E-state index in [1.54, 1.807) is 0 Å². The molecule has 0 fully saturated rings. The minimum absolute atomic E-state index is 0.0428. The molecule has 17 heavy (non-hydrogen) atoms. The van der Waals surface area contributed by atoms with E-state index in [1.807, 2.05) is 18.2 Å². The molecule has 0 radical (unpaired) electrons. The van der Waals surface area contributed by atoms with Crippen molar-refractivity contribution >= 4 is 0 Å².